The second-order valence-electron chi connectivity index (χ2n) is 4.56. The van der Waals surface area contributed by atoms with Crippen molar-refractivity contribution in [3.05, 3.63) is 29.8 Å². The zero-order chi connectivity index (χ0) is 14.4. The van der Waals surface area contributed by atoms with Crippen LogP contribution < -0.4 is 11.1 Å². The molecule has 0 unspecified atom stereocenters. The quantitative estimate of drug-likeness (QED) is 0.817. The van der Waals surface area contributed by atoms with E-state index in [1.807, 2.05) is 13.8 Å². The number of hydrogen-bond acceptors (Lipinski definition) is 4. The highest BCUT2D eigenvalue weighted by molar-refractivity contribution is 5.96. The van der Waals surface area contributed by atoms with E-state index in [1.54, 1.807) is 31.2 Å². The van der Waals surface area contributed by atoms with Gasteiger partial charge in [0.25, 0.3) is 0 Å². The third kappa shape index (κ3) is 5.19. The molecule has 1 rings (SSSR count). The van der Waals surface area contributed by atoms with Gasteiger partial charge in [0.2, 0.25) is 5.91 Å². The van der Waals surface area contributed by atoms with Crippen LogP contribution in [-0.2, 0) is 9.53 Å². The Bertz CT molecular complexity index is 463. The van der Waals surface area contributed by atoms with Crippen molar-refractivity contribution in [1.29, 1.82) is 0 Å². The zero-order valence-electron chi connectivity index (χ0n) is 11.9. The van der Waals surface area contributed by atoms with E-state index in [9.17, 15) is 9.59 Å². The first-order valence-corrected chi connectivity index (χ1v) is 6.29. The first kappa shape index (κ1) is 18.4. The van der Waals surface area contributed by atoms with E-state index in [1.165, 1.54) is 0 Å². The Morgan fingerprint density at radius 2 is 2.00 bits per heavy atom. The summed E-state index contributed by atoms with van der Waals surface area (Å²) in [5.74, 6) is -0.629. The standard InChI is InChI=1S/C14H20N2O3.ClH/c1-4-19-14(18)10-6-5-7-11(8-10)16-13(17)12(15)9(2)3;/h5-9,12H,4,15H2,1-3H3,(H,16,17);1H/t12-;/m1./s1. The molecule has 0 bridgehead atoms. The van der Waals surface area contributed by atoms with Crippen LogP contribution in [0.2, 0.25) is 0 Å². The van der Waals surface area contributed by atoms with E-state index < -0.39 is 12.0 Å². The highest BCUT2D eigenvalue weighted by Crippen LogP contribution is 2.13. The number of hydrogen-bond donors (Lipinski definition) is 2. The maximum Gasteiger partial charge on any atom is 0.338 e. The minimum absolute atomic E-state index is 0. The molecule has 0 saturated carbocycles. The second kappa shape index (κ2) is 8.55. The fourth-order valence-corrected chi connectivity index (χ4v) is 1.47. The summed E-state index contributed by atoms with van der Waals surface area (Å²) >= 11 is 0. The Morgan fingerprint density at radius 1 is 1.35 bits per heavy atom. The number of rotatable bonds is 5. The molecule has 1 amide bonds. The van der Waals surface area contributed by atoms with Crippen LogP contribution in [0, 0.1) is 5.92 Å². The molecule has 1 aromatic carbocycles. The van der Waals surface area contributed by atoms with Gasteiger partial charge < -0.3 is 15.8 Å². The third-order valence-electron chi connectivity index (χ3n) is 2.66. The number of nitrogens with two attached hydrogens (primary N) is 1. The molecular weight excluding hydrogens is 280 g/mol. The van der Waals surface area contributed by atoms with Crippen molar-refractivity contribution in [2.24, 2.45) is 11.7 Å². The Hall–Kier alpha value is -1.59. The van der Waals surface area contributed by atoms with Crippen molar-refractivity contribution in [2.75, 3.05) is 11.9 Å². The van der Waals surface area contributed by atoms with Gasteiger partial charge in [-0.2, -0.15) is 0 Å². The SMILES string of the molecule is CCOC(=O)c1cccc(NC(=O)[C@H](N)C(C)C)c1.Cl. The van der Waals surface area contributed by atoms with Gasteiger partial charge in [-0.15, -0.1) is 12.4 Å². The minimum Gasteiger partial charge on any atom is -0.462 e. The van der Waals surface area contributed by atoms with Gasteiger partial charge in [-0.25, -0.2) is 4.79 Å². The third-order valence-corrected chi connectivity index (χ3v) is 2.66. The Kier molecular flexibility index (Phi) is 7.87. The highest BCUT2D eigenvalue weighted by atomic mass is 35.5. The van der Waals surface area contributed by atoms with Crippen LogP contribution in [0.4, 0.5) is 5.69 Å². The number of amides is 1. The topological polar surface area (TPSA) is 81.4 Å². The van der Waals surface area contributed by atoms with E-state index >= 15 is 0 Å². The van der Waals surface area contributed by atoms with Gasteiger partial charge >= 0.3 is 5.97 Å². The summed E-state index contributed by atoms with van der Waals surface area (Å²) in [7, 11) is 0. The zero-order valence-corrected chi connectivity index (χ0v) is 12.7. The summed E-state index contributed by atoms with van der Waals surface area (Å²) in [5.41, 5.74) is 6.68. The first-order valence-electron chi connectivity index (χ1n) is 6.29. The predicted molar refractivity (Wildman–Crippen MR) is 81.1 cm³/mol. The van der Waals surface area contributed by atoms with Gasteiger partial charge in [0, 0.05) is 5.69 Å². The lowest BCUT2D eigenvalue weighted by molar-refractivity contribution is -0.118. The van der Waals surface area contributed by atoms with Crippen LogP contribution in [0.1, 0.15) is 31.1 Å². The molecule has 5 nitrogen and oxygen atoms in total. The average Bonchev–Trinajstić information content (AvgIpc) is 2.38. The molecular formula is C14H21ClN2O3. The van der Waals surface area contributed by atoms with E-state index in [0.717, 1.165) is 0 Å². The molecule has 0 aromatic heterocycles. The fourth-order valence-electron chi connectivity index (χ4n) is 1.47. The molecule has 0 heterocycles. The van der Waals surface area contributed by atoms with Gasteiger partial charge in [0.15, 0.2) is 0 Å². The van der Waals surface area contributed by atoms with E-state index in [0.29, 0.717) is 17.9 Å². The lowest BCUT2D eigenvalue weighted by Crippen LogP contribution is -2.39. The first-order chi connectivity index (χ1) is 8.95. The minimum atomic E-state index is -0.578. The van der Waals surface area contributed by atoms with Crippen molar-refractivity contribution < 1.29 is 14.3 Å². The summed E-state index contributed by atoms with van der Waals surface area (Å²) in [6.07, 6.45) is 0. The average molecular weight is 301 g/mol. The van der Waals surface area contributed by atoms with Crippen molar-refractivity contribution in [3.8, 4) is 0 Å². The molecule has 3 N–H and O–H groups in total. The normalized spacial score (nSPS) is 11.4. The lowest BCUT2D eigenvalue weighted by Gasteiger charge is -2.15. The van der Waals surface area contributed by atoms with E-state index in [-0.39, 0.29) is 24.2 Å². The molecule has 1 aromatic rings. The summed E-state index contributed by atoms with van der Waals surface area (Å²) in [6.45, 7) is 5.80. The van der Waals surface area contributed by atoms with Crippen LogP contribution in [0.15, 0.2) is 24.3 Å². The van der Waals surface area contributed by atoms with Crippen LogP contribution in [0.3, 0.4) is 0 Å². The lowest BCUT2D eigenvalue weighted by atomic mass is 10.0. The molecule has 0 aliphatic heterocycles. The molecule has 0 spiro atoms. The molecule has 0 fully saturated rings. The Labute approximate surface area is 125 Å². The van der Waals surface area contributed by atoms with Gasteiger partial charge in [0.05, 0.1) is 18.2 Å². The molecule has 0 saturated heterocycles. The number of anilines is 1. The van der Waals surface area contributed by atoms with Gasteiger partial charge in [-0.05, 0) is 31.0 Å². The van der Waals surface area contributed by atoms with Crippen molar-refractivity contribution in [3.63, 3.8) is 0 Å². The van der Waals surface area contributed by atoms with Gasteiger partial charge in [-0.1, -0.05) is 19.9 Å². The maximum absolute atomic E-state index is 11.8. The number of esters is 1. The monoisotopic (exact) mass is 300 g/mol. The van der Waals surface area contributed by atoms with Crippen molar-refractivity contribution in [1.82, 2.24) is 0 Å². The number of carbonyl (C=O) groups is 2. The fraction of sp³-hybridized carbons (Fsp3) is 0.429. The van der Waals surface area contributed by atoms with Crippen LogP contribution in [0.5, 0.6) is 0 Å². The largest absolute Gasteiger partial charge is 0.462 e. The molecule has 0 aliphatic carbocycles. The number of carbonyl (C=O) groups excluding carboxylic acids is 2. The van der Waals surface area contributed by atoms with E-state index in [2.05, 4.69) is 5.32 Å². The number of nitrogens with one attached hydrogen (secondary N) is 1. The van der Waals surface area contributed by atoms with Crippen LogP contribution >= 0.6 is 12.4 Å². The summed E-state index contributed by atoms with van der Waals surface area (Å²) in [6, 6.07) is 6.02. The smallest absolute Gasteiger partial charge is 0.338 e. The van der Waals surface area contributed by atoms with Crippen molar-refractivity contribution >= 4 is 30.0 Å². The second-order valence-corrected chi connectivity index (χ2v) is 4.56. The predicted octanol–water partition coefficient (Wildman–Crippen LogP) is 2.21. The highest BCUT2D eigenvalue weighted by Gasteiger charge is 2.17. The molecule has 0 aliphatic rings. The Balaban J connectivity index is 0.00000361. The summed E-state index contributed by atoms with van der Waals surface area (Å²) in [4.78, 5) is 23.4. The Morgan fingerprint density at radius 3 is 2.55 bits per heavy atom. The molecule has 112 valence electrons. The maximum atomic E-state index is 11.8. The summed E-state index contributed by atoms with van der Waals surface area (Å²) < 4.78 is 4.90. The van der Waals surface area contributed by atoms with Gasteiger partial charge in [-0.3, -0.25) is 4.79 Å². The van der Waals surface area contributed by atoms with Crippen molar-refractivity contribution in [2.45, 2.75) is 26.8 Å². The summed E-state index contributed by atoms with van der Waals surface area (Å²) in [5, 5.41) is 2.69. The van der Waals surface area contributed by atoms with Gasteiger partial charge in [0.1, 0.15) is 0 Å². The molecule has 0 radical (unpaired) electrons. The molecule has 20 heavy (non-hydrogen) atoms. The number of benzene rings is 1. The number of halogens is 1. The van der Waals surface area contributed by atoms with E-state index in [4.69, 9.17) is 10.5 Å². The van der Waals surface area contributed by atoms with Crippen LogP contribution in [-0.4, -0.2) is 24.5 Å². The molecule has 1 atom stereocenters. The molecule has 6 heteroatoms. The van der Waals surface area contributed by atoms with Crippen LogP contribution in [0.25, 0.3) is 0 Å². The number of ether oxygens (including phenoxy) is 1.